The molecular weight excluding hydrogens is 422 g/mol. The average Bonchev–Trinajstić information content (AvgIpc) is 3.13. The van der Waals surface area contributed by atoms with Gasteiger partial charge < -0.3 is 5.32 Å². The molecule has 2 fully saturated rings. The molecule has 8 heteroatoms. The summed E-state index contributed by atoms with van der Waals surface area (Å²) in [6.07, 6.45) is 14.4. The van der Waals surface area contributed by atoms with E-state index in [2.05, 4.69) is 25.4 Å². The van der Waals surface area contributed by atoms with Gasteiger partial charge in [-0.1, -0.05) is 16.5 Å². The summed E-state index contributed by atoms with van der Waals surface area (Å²) in [5, 5.41) is 13.5. The van der Waals surface area contributed by atoms with Crippen molar-refractivity contribution in [3.63, 3.8) is 0 Å². The van der Waals surface area contributed by atoms with Crippen LogP contribution in [0, 0.1) is 17.4 Å². The minimum absolute atomic E-state index is 0.191. The number of urea groups is 1. The van der Waals surface area contributed by atoms with E-state index in [1.54, 1.807) is 6.19 Å². The number of fused-ring (bicyclic) bond motifs is 2. The Morgan fingerprint density at radius 3 is 2.53 bits per heavy atom. The first kappa shape index (κ1) is 21.5. The number of likely N-dealkylation sites (tertiary alicyclic amines) is 1. The van der Waals surface area contributed by atoms with Crippen molar-refractivity contribution in [1.29, 1.82) is 5.26 Å². The number of nitrogens with zero attached hydrogens (tertiary/aromatic N) is 3. The van der Waals surface area contributed by atoms with Crippen LogP contribution >= 0.6 is 0 Å². The fourth-order valence-corrected chi connectivity index (χ4v) is 6.52. The van der Waals surface area contributed by atoms with Gasteiger partial charge in [-0.05, 0) is 98.9 Å². The minimum Gasteiger partial charge on any atom is -0.307 e. The zero-order chi connectivity index (χ0) is 22.1. The Kier molecular flexibility index (Phi) is 5.95. The number of hydrogen-bond donors (Lipinski definition) is 2. The number of aryl methyl sites for hydroxylation is 2. The van der Waals surface area contributed by atoms with Crippen molar-refractivity contribution in [2.45, 2.75) is 70.3 Å². The normalized spacial score (nSPS) is 24.0. The van der Waals surface area contributed by atoms with E-state index < -0.39 is 15.9 Å². The van der Waals surface area contributed by atoms with Gasteiger partial charge in [0.2, 0.25) is 6.19 Å². The number of benzene rings is 1. The highest BCUT2D eigenvalue weighted by Crippen LogP contribution is 2.38. The summed E-state index contributed by atoms with van der Waals surface area (Å²) in [6, 6.07) is 1.93. The van der Waals surface area contributed by atoms with Crippen molar-refractivity contribution in [2.75, 3.05) is 18.4 Å². The second-order valence-corrected chi connectivity index (χ2v) is 11.3. The van der Waals surface area contributed by atoms with Gasteiger partial charge in [0.05, 0.1) is 0 Å². The van der Waals surface area contributed by atoms with Gasteiger partial charge in [-0.25, -0.2) is 13.7 Å². The first-order chi connectivity index (χ1) is 15.5. The van der Waals surface area contributed by atoms with Crippen LogP contribution in [0.3, 0.4) is 0 Å². The summed E-state index contributed by atoms with van der Waals surface area (Å²) < 4.78 is 19.4. The van der Waals surface area contributed by atoms with Crippen molar-refractivity contribution < 1.29 is 9.00 Å². The topological polar surface area (TPSA) is 97.6 Å². The van der Waals surface area contributed by atoms with E-state index in [-0.39, 0.29) is 6.04 Å². The zero-order valence-electron chi connectivity index (χ0n) is 18.4. The quantitative estimate of drug-likeness (QED) is 0.635. The highest BCUT2D eigenvalue weighted by atomic mass is 32.2. The molecule has 1 saturated carbocycles. The number of rotatable bonds is 6. The third-order valence-corrected chi connectivity index (χ3v) is 8.57. The molecule has 1 unspecified atom stereocenters. The number of anilines is 1. The molecule has 1 saturated heterocycles. The Hall–Kier alpha value is -2.37. The molecule has 0 aromatic heterocycles. The van der Waals surface area contributed by atoms with Crippen LogP contribution in [0.1, 0.15) is 60.8 Å². The smallest absolute Gasteiger partial charge is 0.307 e. The standard InChI is InChI=1S/C24H31N5O2S/c25-16-26-32(31,13-11-20-6-3-12-29(20)15-17-9-10-17)28-24(30)27-23-21-7-1-4-18(21)14-19-5-2-8-22(19)23/h11,13-14,17,20H,1-10,12,15H2,(H2,26,27,28,30,31)/b13-11+/t20-,32?/m0/s1. The van der Waals surface area contributed by atoms with E-state index in [0.29, 0.717) is 0 Å². The molecule has 7 nitrogen and oxygen atoms in total. The number of amides is 2. The molecule has 1 aliphatic heterocycles. The van der Waals surface area contributed by atoms with E-state index in [4.69, 9.17) is 5.26 Å². The van der Waals surface area contributed by atoms with E-state index in [9.17, 15) is 9.00 Å². The molecule has 5 rings (SSSR count). The van der Waals surface area contributed by atoms with Crippen LogP contribution in [0.25, 0.3) is 0 Å². The number of carbonyl (C=O) groups is 1. The molecule has 1 heterocycles. The predicted octanol–water partition coefficient (Wildman–Crippen LogP) is 4.04. The Bertz CT molecular complexity index is 1080. The molecule has 2 amide bonds. The molecule has 1 aromatic rings. The Morgan fingerprint density at radius 1 is 1.16 bits per heavy atom. The van der Waals surface area contributed by atoms with Crippen LogP contribution in [0.4, 0.5) is 10.5 Å². The zero-order valence-corrected chi connectivity index (χ0v) is 19.3. The van der Waals surface area contributed by atoms with Gasteiger partial charge in [0.1, 0.15) is 0 Å². The summed E-state index contributed by atoms with van der Waals surface area (Å²) in [7, 11) is -3.32. The SMILES string of the molecule is N#CN=S(=O)(/C=C/[C@@H]1CCCN1CC1CC1)NC(=O)Nc1c2c(cc3c1CCC3)CCC2. The van der Waals surface area contributed by atoms with Gasteiger partial charge in [0, 0.05) is 23.7 Å². The van der Waals surface area contributed by atoms with Gasteiger partial charge >= 0.3 is 6.03 Å². The van der Waals surface area contributed by atoms with Gasteiger partial charge in [-0.2, -0.15) is 5.26 Å². The average molecular weight is 454 g/mol. The third-order valence-electron chi connectivity index (χ3n) is 7.22. The van der Waals surface area contributed by atoms with Gasteiger partial charge in [-0.3, -0.25) is 4.90 Å². The molecule has 3 aliphatic carbocycles. The maximum Gasteiger partial charge on any atom is 0.331 e. The van der Waals surface area contributed by atoms with Crippen molar-refractivity contribution in [3.05, 3.63) is 39.8 Å². The fourth-order valence-electron chi connectivity index (χ4n) is 5.51. The molecule has 0 radical (unpaired) electrons. The maximum atomic E-state index is 13.3. The molecule has 170 valence electrons. The van der Waals surface area contributed by atoms with Crippen LogP contribution in [-0.2, 0) is 35.6 Å². The first-order valence-electron chi connectivity index (χ1n) is 11.9. The molecule has 2 N–H and O–H groups in total. The van der Waals surface area contributed by atoms with E-state index in [1.807, 2.05) is 6.08 Å². The lowest BCUT2D eigenvalue weighted by Gasteiger charge is -2.21. The van der Waals surface area contributed by atoms with E-state index in [0.717, 1.165) is 76.1 Å². The number of nitriles is 1. The summed E-state index contributed by atoms with van der Waals surface area (Å²) in [5.74, 6) is 0.787. The summed E-state index contributed by atoms with van der Waals surface area (Å²) in [4.78, 5) is 15.3. The second-order valence-electron chi connectivity index (χ2n) is 9.53. The highest BCUT2D eigenvalue weighted by Gasteiger charge is 2.30. The highest BCUT2D eigenvalue weighted by molar-refractivity contribution is 7.95. The summed E-state index contributed by atoms with van der Waals surface area (Å²) >= 11 is 0. The minimum atomic E-state index is -3.32. The molecule has 0 bridgehead atoms. The lowest BCUT2D eigenvalue weighted by atomic mass is 9.99. The summed E-state index contributed by atoms with van der Waals surface area (Å²) in [6.45, 7) is 2.12. The van der Waals surface area contributed by atoms with Gasteiger partial charge in [0.15, 0.2) is 9.92 Å². The predicted molar refractivity (Wildman–Crippen MR) is 125 cm³/mol. The second kappa shape index (κ2) is 8.87. The molecule has 4 aliphatic rings. The van der Waals surface area contributed by atoms with Crippen LogP contribution in [-0.4, -0.2) is 34.3 Å². The van der Waals surface area contributed by atoms with Crippen LogP contribution in [0.5, 0.6) is 0 Å². The number of carbonyl (C=O) groups excluding carboxylic acids is 1. The molecule has 2 atom stereocenters. The first-order valence-corrected chi connectivity index (χ1v) is 13.5. The summed E-state index contributed by atoms with van der Waals surface area (Å²) in [5.41, 5.74) is 5.95. The van der Waals surface area contributed by atoms with Crippen LogP contribution in [0.2, 0.25) is 0 Å². The molecular formula is C24H31N5O2S. The van der Waals surface area contributed by atoms with Gasteiger partial charge in [0.25, 0.3) is 0 Å². The van der Waals surface area contributed by atoms with Crippen molar-refractivity contribution in [1.82, 2.24) is 9.62 Å². The van der Waals surface area contributed by atoms with E-state index >= 15 is 0 Å². The van der Waals surface area contributed by atoms with Crippen molar-refractivity contribution in [2.24, 2.45) is 10.3 Å². The maximum absolute atomic E-state index is 13.3. The van der Waals surface area contributed by atoms with Crippen molar-refractivity contribution >= 4 is 21.6 Å². The van der Waals surface area contributed by atoms with Crippen molar-refractivity contribution in [3.8, 4) is 6.19 Å². The Morgan fingerprint density at radius 2 is 1.88 bits per heavy atom. The lowest BCUT2D eigenvalue weighted by molar-refractivity contribution is 0.257. The van der Waals surface area contributed by atoms with E-state index in [1.165, 1.54) is 40.5 Å². The Balaban J connectivity index is 1.32. The van der Waals surface area contributed by atoms with Crippen LogP contribution < -0.4 is 10.0 Å². The third kappa shape index (κ3) is 4.55. The molecule has 1 aromatic carbocycles. The molecule has 32 heavy (non-hydrogen) atoms. The van der Waals surface area contributed by atoms with Crippen LogP contribution in [0.15, 0.2) is 21.9 Å². The fraction of sp³-hybridized carbons (Fsp3) is 0.583. The van der Waals surface area contributed by atoms with Gasteiger partial charge in [-0.15, -0.1) is 0 Å². The number of hydrogen-bond acceptors (Lipinski definition) is 5. The number of nitrogens with one attached hydrogen (secondary N) is 2. The monoisotopic (exact) mass is 453 g/mol. The molecule has 0 spiro atoms. The largest absolute Gasteiger partial charge is 0.331 e. The Labute approximate surface area is 190 Å². The lowest BCUT2D eigenvalue weighted by Crippen LogP contribution is -2.34.